The van der Waals surface area contributed by atoms with Gasteiger partial charge in [-0.1, -0.05) is 12.1 Å². The Morgan fingerprint density at radius 3 is 2.64 bits per heavy atom. The third kappa shape index (κ3) is 3.90. The lowest BCUT2D eigenvalue weighted by Crippen LogP contribution is -2.31. The fourth-order valence-electron chi connectivity index (χ4n) is 1.83. The number of thiazole rings is 1. The molecule has 0 atom stereocenters. The fourth-order valence-corrected chi connectivity index (χ4v) is 2.48. The van der Waals surface area contributed by atoms with Crippen LogP contribution in [0.2, 0.25) is 0 Å². The molecule has 0 saturated heterocycles. The molecule has 0 fully saturated rings. The Bertz CT molecular complexity index is 682. The van der Waals surface area contributed by atoms with Crippen LogP contribution >= 0.6 is 11.3 Å². The van der Waals surface area contributed by atoms with Crippen molar-refractivity contribution in [2.75, 3.05) is 5.32 Å². The van der Waals surface area contributed by atoms with E-state index in [1.165, 1.54) is 11.3 Å². The van der Waals surface area contributed by atoms with Crippen molar-refractivity contribution < 1.29 is 9.59 Å². The van der Waals surface area contributed by atoms with E-state index in [0.717, 1.165) is 0 Å². The van der Waals surface area contributed by atoms with Crippen molar-refractivity contribution in [1.29, 1.82) is 0 Å². The fraction of sp³-hybridized carbons (Fsp3) is 0.267. The van der Waals surface area contributed by atoms with Crippen molar-refractivity contribution in [2.45, 2.75) is 26.4 Å². The summed E-state index contributed by atoms with van der Waals surface area (Å²) >= 11 is 1.33. The van der Waals surface area contributed by atoms with E-state index in [0.29, 0.717) is 28.5 Å². The van der Waals surface area contributed by atoms with Gasteiger partial charge in [0.05, 0.1) is 11.3 Å². The topological polar surface area (TPSA) is 97.1 Å². The number of aromatic nitrogens is 1. The number of para-hydroxylation sites is 1. The Morgan fingerprint density at radius 2 is 2.00 bits per heavy atom. The van der Waals surface area contributed by atoms with Crippen molar-refractivity contribution in [3.63, 3.8) is 0 Å². The lowest BCUT2D eigenvalue weighted by atomic mass is 10.1. The third-order valence-corrected chi connectivity index (χ3v) is 3.67. The smallest absolute Gasteiger partial charge is 0.275 e. The van der Waals surface area contributed by atoms with Gasteiger partial charge >= 0.3 is 0 Å². The molecular formula is C15H18N4O2S. The Hall–Kier alpha value is -2.25. The maximum absolute atomic E-state index is 12.2. The second-order valence-electron chi connectivity index (χ2n) is 4.96. The molecule has 1 heterocycles. The van der Waals surface area contributed by atoms with Crippen LogP contribution in [0, 0.1) is 0 Å². The Morgan fingerprint density at radius 1 is 1.27 bits per heavy atom. The summed E-state index contributed by atoms with van der Waals surface area (Å²) < 4.78 is 0. The number of benzene rings is 1. The molecule has 0 bridgehead atoms. The highest BCUT2D eigenvalue weighted by molar-refractivity contribution is 7.09. The first kappa shape index (κ1) is 16.1. The van der Waals surface area contributed by atoms with Gasteiger partial charge in [0.25, 0.3) is 11.8 Å². The summed E-state index contributed by atoms with van der Waals surface area (Å²) in [6.07, 6.45) is 0. The average Bonchev–Trinajstić information content (AvgIpc) is 2.96. The summed E-state index contributed by atoms with van der Waals surface area (Å²) in [5.41, 5.74) is 6.65. The number of carbonyl (C=O) groups is 2. The molecule has 6 nitrogen and oxygen atoms in total. The molecule has 0 radical (unpaired) electrons. The molecule has 0 aliphatic carbocycles. The van der Waals surface area contributed by atoms with Crippen molar-refractivity contribution in [2.24, 2.45) is 5.73 Å². The van der Waals surface area contributed by atoms with Crippen molar-refractivity contribution in [3.8, 4) is 0 Å². The number of amides is 2. The maximum Gasteiger partial charge on any atom is 0.275 e. The molecule has 0 spiro atoms. The van der Waals surface area contributed by atoms with E-state index in [1.807, 2.05) is 13.8 Å². The Kier molecular flexibility index (Phi) is 5.24. The van der Waals surface area contributed by atoms with Gasteiger partial charge in [0.1, 0.15) is 10.7 Å². The molecule has 116 valence electrons. The van der Waals surface area contributed by atoms with E-state index in [9.17, 15) is 9.59 Å². The van der Waals surface area contributed by atoms with Gasteiger partial charge in [-0.05, 0) is 26.0 Å². The minimum atomic E-state index is -0.360. The van der Waals surface area contributed by atoms with Crippen LogP contribution in [0.15, 0.2) is 29.6 Å². The van der Waals surface area contributed by atoms with Gasteiger partial charge in [-0.25, -0.2) is 4.98 Å². The SMILES string of the molecule is CC(C)NC(=O)c1ccccc1NC(=O)c1csc(CN)n1. The van der Waals surface area contributed by atoms with Gasteiger partial charge < -0.3 is 16.4 Å². The molecular weight excluding hydrogens is 300 g/mol. The summed E-state index contributed by atoms with van der Waals surface area (Å²) in [6.45, 7) is 4.05. The number of carbonyl (C=O) groups excluding carboxylic acids is 2. The maximum atomic E-state index is 12.2. The Balaban J connectivity index is 2.19. The van der Waals surface area contributed by atoms with E-state index in [4.69, 9.17) is 5.73 Å². The van der Waals surface area contributed by atoms with E-state index in [-0.39, 0.29) is 17.9 Å². The second kappa shape index (κ2) is 7.15. The lowest BCUT2D eigenvalue weighted by molar-refractivity contribution is 0.0944. The third-order valence-electron chi connectivity index (χ3n) is 2.80. The highest BCUT2D eigenvalue weighted by Gasteiger charge is 2.16. The number of nitrogens with two attached hydrogens (primary N) is 1. The molecule has 0 unspecified atom stereocenters. The van der Waals surface area contributed by atoms with E-state index >= 15 is 0 Å². The largest absolute Gasteiger partial charge is 0.350 e. The number of rotatable bonds is 5. The highest BCUT2D eigenvalue weighted by atomic mass is 32.1. The number of nitrogens with zero attached hydrogens (tertiary/aromatic N) is 1. The quantitative estimate of drug-likeness (QED) is 0.785. The molecule has 0 aliphatic rings. The second-order valence-corrected chi connectivity index (χ2v) is 5.90. The van der Waals surface area contributed by atoms with Crippen LogP contribution in [-0.4, -0.2) is 22.8 Å². The van der Waals surface area contributed by atoms with Crippen molar-refractivity contribution >= 4 is 28.8 Å². The summed E-state index contributed by atoms with van der Waals surface area (Å²) in [6, 6.07) is 6.87. The minimum Gasteiger partial charge on any atom is -0.350 e. The predicted octanol–water partition coefficient (Wildman–Crippen LogP) is 1.99. The first-order chi connectivity index (χ1) is 10.5. The van der Waals surface area contributed by atoms with Crippen LogP contribution in [0.4, 0.5) is 5.69 Å². The van der Waals surface area contributed by atoms with Gasteiger partial charge in [-0.2, -0.15) is 0 Å². The first-order valence-electron chi connectivity index (χ1n) is 6.87. The van der Waals surface area contributed by atoms with Crippen molar-refractivity contribution in [3.05, 3.63) is 45.9 Å². The van der Waals surface area contributed by atoms with Crippen molar-refractivity contribution in [1.82, 2.24) is 10.3 Å². The zero-order chi connectivity index (χ0) is 16.1. The zero-order valence-electron chi connectivity index (χ0n) is 12.4. The van der Waals surface area contributed by atoms with Gasteiger partial charge in [0.2, 0.25) is 0 Å². The molecule has 0 saturated carbocycles. The molecule has 2 amide bonds. The van der Waals surface area contributed by atoms with Crippen LogP contribution in [0.5, 0.6) is 0 Å². The van der Waals surface area contributed by atoms with Gasteiger partial charge in [-0.3, -0.25) is 9.59 Å². The Labute approximate surface area is 132 Å². The molecule has 7 heteroatoms. The molecule has 0 aliphatic heterocycles. The molecule has 1 aromatic carbocycles. The van der Waals surface area contributed by atoms with E-state index in [2.05, 4.69) is 15.6 Å². The summed E-state index contributed by atoms with van der Waals surface area (Å²) in [5.74, 6) is -0.590. The molecule has 1 aromatic heterocycles. The van der Waals surface area contributed by atoms with Gasteiger partial charge in [0, 0.05) is 18.0 Å². The van der Waals surface area contributed by atoms with E-state index in [1.54, 1.807) is 29.6 Å². The average molecular weight is 318 g/mol. The summed E-state index contributed by atoms with van der Waals surface area (Å²) in [5, 5.41) is 7.87. The molecule has 2 rings (SSSR count). The summed E-state index contributed by atoms with van der Waals surface area (Å²) in [4.78, 5) is 28.5. The number of hydrogen-bond acceptors (Lipinski definition) is 5. The summed E-state index contributed by atoms with van der Waals surface area (Å²) in [7, 11) is 0. The number of hydrogen-bond donors (Lipinski definition) is 3. The van der Waals surface area contributed by atoms with Crippen LogP contribution in [0.1, 0.15) is 39.7 Å². The standard InChI is InChI=1S/C15H18N4O2S/c1-9(2)17-14(20)10-5-3-4-6-11(10)19-15(21)12-8-22-13(7-16)18-12/h3-6,8-9H,7,16H2,1-2H3,(H,17,20)(H,19,21). The monoisotopic (exact) mass is 318 g/mol. The number of nitrogens with one attached hydrogen (secondary N) is 2. The molecule has 2 aromatic rings. The predicted molar refractivity (Wildman–Crippen MR) is 87.0 cm³/mol. The lowest BCUT2D eigenvalue weighted by Gasteiger charge is -2.12. The zero-order valence-corrected chi connectivity index (χ0v) is 13.2. The minimum absolute atomic E-state index is 0.0157. The number of anilines is 1. The normalized spacial score (nSPS) is 10.5. The molecule has 22 heavy (non-hydrogen) atoms. The van der Waals surface area contributed by atoms with Gasteiger partial charge in [-0.15, -0.1) is 11.3 Å². The van der Waals surface area contributed by atoms with Crippen LogP contribution in [-0.2, 0) is 6.54 Å². The molecule has 4 N–H and O–H groups in total. The highest BCUT2D eigenvalue weighted by Crippen LogP contribution is 2.17. The first-order valence-corrected chi connectivity index (χ1v) is 7.75. The van der Waals surface area contributed by atoms with Crippen LogP contribution in [0.3, 0.4) is 0 Å². The van der Waals surface area contributed by atoms with E-state index < -0.39 is 0 Å². The van der Waals surface area contributed by atoms with Crippen LogP contribution in [0.25, 0.3) is 0 Å². The van der Waals surface area contributed by atoms with Gasteiger partial charge in [0.15, 0.2) is 0 Å². The van der Waals surface area contributed by atoms with Crippen LogP contribution < -0.4 is 16.4 Å².